The number of phenols is 1. The number of benzene rings is 1. The van der Waals surface area contributed by atoms with E-state index in [1.807, 2.05) is 0 Å². The van der Waals surface area contributed by atoms with Gasteiger partial charge < -0.3 is 41.9 Å². The van der Waals surface area contributed by atoms with Crippen LogP contribution in [0.1, 0.15) is 35.7 Å². The lowest BCUT2D eigenvalue weighted by molar-refractivity contribution is -0.195. The molecule has 3 aliphatic rings. The fraction of sp³-hybridized carbons (Fsp3) is 0.500. The first-order valence-electron chi connectivity index (χ1n) is 10.4. The molecule has 1 fully saturated rings. The molecule has 33 heavy (non-hydrogen) atoms. The number of anilines is 2. The van der Waals surface area contributed by atoms with Gasteiger partial charge in [0.2, 0.25) is 0 Å². The summed E-state index contributed by atoms with van der Waals surface area (Å²) in [6, 6.07) is 1.42. The zero-order chi connectivity index (χ0) is 24.8. The number of rotatable bonds is 2. The summed E-state index contributed by atoms with van der Waals surface area (Å²) < 4.78 is 0. The highest BCUT2D eigenvalue weighted by Gasteiger charge is 2.66. The number of nitrogens with two attached hydrogens (primary N) is 2. The van der Waals surface area contributed by atoms with E-state index < -0.39 is 76.0 Å². The van der Waals surface area contributed by atoms with E-state index in [0.717, 1.165) is 0 Å². The van der Waals surface area contributed by atoms with Gasteiger partial charge in [0.05, 0.1) is 22.8 Å². The molecule has 4 rings (SSSR count). The first-order chi connectivity index (χ1) is 15.2. The van der Waals surface area contributed by atoms with Crippen LogP contribution in [0.3, 0.4) is 0 Å². The normalized spacial score (nSPS) is 35.6. The predicted octanol–water partition coefficient (Wildman–Crippen LogP) is -0.941. The van der Waals surface area contributed by atoms with Crippen molar-refractivity contribution in [3.63, 3.8) is 0 Å². The second kappa shape index (κ2) is 6.92. The topological polar surface area (TPSA) is 208 Å². The van der Waals surface area contributed by atoms with E-state index in [4.69, 9.17) is 11.5 Å². The zero-order valence-electron chi connectivity index (χ0n) is 18.4. The predicted molar refractivity (Wildman–Crippen MR) is 115 cm³/mol. The second-order valence-electron chi connectivity index (χ2n) is 9.54. The average Bonchev–Trinajstić information content (AvgIpc) is 2.70. The van der Waals surface area contributed by atoms with Crippen molar-refractivity contribution in [1.82, 2.24) is 0 Å². The molecular weight excluding hydrogens is 434 g/mol. The SMILES string of the molecule is CN(C)c1cc(N)c(O)c2c1[C@@](C)(O)C1CC3CC(=O)C(C(N)=O)=C(O)C3(O)C(O)C1C2=O. The molecule has 0 aromatic heterocycles. The Morgan fingerprint density at radius 1 is 1.21 bits per heavy atom. The van der Waals surface area contributed by atoms with Crippen LogP contribution in [0, 0.1) is 17.8 Å². The van der Waals surface area contributed by atoms with Gasteiger partial charge in [0.25, 0.3) is 5.91 Å². The number of fused-ring (bicyclic) bond motifs is 3. The van der Waals surface area contributed by atoms with Crippen molar-refractivity contribution in [2.45, 2.75) is 37.1 Å². The summed E-state index contributed by atoms with van der Waals surface area (Å²) in [5.41, 5.74) is 6.02. The second-order valence-corrected chi connectivity index (χ2v) is 9.54. The number of Topliss-reactive ketones (excluding diaryl/α,β-unsaturated/α-hetero) is 2. The molecule has 1 aromatic rings. The number of nitrogens with zero attached hydrogens (tertiary/aromatic N) is 1. The highest BCUT2D eigenvalue weighted by molar-refractivity contribution is 6.20. The summed E-state index contributed by atoms with van der Waals surface area (Å²) in [6.45, 7) is 1.42. The molecule has 1 saturated carbocycles. The molecule has 0 heterocycles. The van der Waals surface area contributed by atoms with Gasteiger partial charge >= 0.3 is 0 Å². The molecule has 1 aromatic carbocycles. The average molecular weight is 461 g/mol. The van der Waals surface area contributed by atoms with Crippen LogP contribution in [0.2, 0.25) is 0 Å². The van der Waals surface area contributed by atoms with Gasteiger partial charge in [0.1, 0.15) is 23.2 Å². The maximum atomic E-state index is 13.6. The summed E-state index contributed by atoms with van der Waals surface area (Å²) in [5, 5.41) is 55.6. The first kappa shape index (κ1) is 23.0. The molecule has 9 N–H and O–H groups in total. The van der Waals surface area contributed by atoms with Crippen molar-refractivity contribution < 1.29 is 39.9 Å². The summed E-state index contributed by atoms with van der Waals surface area (Å²) in [5.74, 6) is -8.11. The number of primary amides is 1. The van der Waals surface area contributed by atoms with E-state index in [1.165, 1.54) is 13.0 Å². The van der Waals surface area contributed by atoms with E-state index in [0.29, 0.717) is 5.69 Å². The Morgan fingerprint density at radius 3 is 2.36 bits per heavy atom. The number of hydrogen-bond acceptors (Lipinski definition) is 10. The molecule has 178 valence electrons. The third-order valence-electron chi connectivity index (χ3n) is 7.53. The third kappa shape index (κ3) is 2.76. The van der Waals surface area contributed by atoms with Crippen molar-refractivity contribution in [2.24, 2.45) is 23.5 Å². The summed E-state index contributed by atoms with van der Waals surface area (Å²) in [6.07, 6.45) is -2.58. The molecule has 0 aliphatic heterocycles. The molecule has 5 unspecified atom stereocenters. The van der Waals surface area contributed by atoms with Crippen LogP contribution < -0.4 is 16.4 Å². The van der Waals surface area contributed by atoms with Crippen molar-refractivity contribution in [3.05, 3.63) is 28.5 Å². The maximum Gasteiger partial charge on any atom is 0.255 e. The number of aliphatic hydroxyl groups is 4. The Kier molecular flexibility index (Phi) is 4.83. The minimum absolute atomic E-state index is 0.114. The molecule has 0 saturated heterocycles. The highest BCUT2D eigenvalue weighted by Crippen LogP contribution is 2.59. The van der Waals surface area contributed by atoms with Gasteiger partial charge in [-0.3, -0.25) is 14.4 Å². The van der Waals surface area contributed by atoms with Crippen LogP contribution in [-0.2, 0) is 15.2 Å². The summed E-state index contributed by atoms with van der Waals surface area (Å²) >= 11 is 0. The lowest BCUT2D eigenvalue weighted by Crippen LogP contribution is -2.67. The minimum Gasteiger partial charge on any atom is -0.508 e. The van der Waals surface area contributed by atoms with Crippen LogP contribution in [-0.4, -0.2) is 68.8 Å². The maximum absolute atomic E-state index is 13.6. The van der Waals surface area contributed by atoms with Crippen molar-refractivity contribution >= 4 is 28.8 Å². The van der Waals surface area contributed by atoms with Crippen molar-refractivity contribution in [2.75, 3.05) is 24.7 Å². The van der Waals surface area contributed by atoms with Gasteiger partial charge in [-0.15, -0.1) is 0 Å². The zero-order valence-corrected chi connectivity index (χ0v) is 18.4. The van der Waals surface area contributed by atoms with Gasteiger partial charge in [-0.25, -0.2) is 0 Å². The molecule has 11 nitrogen and oxygen atoms in total. The van der Waals surface area contributed by atoms with Crippen LogP contribution in [0.15, 0.2) is 17.4 Å². The number of aliphatic hydroxyl groups excluding tert-OH is 2. The molecule has 11 heteroatoms. The number of aromatic hydroxyl groups is 1. The van der Waals surface area contributed by atoms with E-state index >= 15 is 0 Å². The molecular formula is C22H27N3O8. The van der Waals surface area contributed by atoms with E-state index in [9.17, 15) is 39.9 Å². The number of phenolic OH excluding ortho intramolecular Hbond substituents is 1. The third-order valence-corrected chi connectivity index (χ3v) is 7.53. The fourth-order valence-electron chi connectivity index (χ4n) is 5.89. The number of carbonyl (C=O) groups excluding carboxylic acids is 3. The minimum atomic E-state index is -2.52. The smallest absolute Gasteiger partial charge is 0.255 e. The summed E-state index contributed by atoms with van der Waals surface area (Å²) in [7, 11) is 3.34. The van der Waals surface area contributed by atoms with Crippen molar-refractivity contribution in [3.8, 4) is 5.75 Å². The van der Waals surface area contributed by atoms with Gasteiger partial charge in [0, 0.05) is 43.6 Å². The molecule has 1 amide bonds. The van der Waals surface area contributed by atoms with Gasteiger partial charge in [-0.2, -0.15) is 0 Å². The lowest BCUT2D eigenvalue weighted by Gasteiger charge is -2.56. The number of carbonyl (C=O) groups is 3. The van der Waals surface area contributed by atoms with Gasteiger partial charge in [-0.05, 0) is 19.4 Å². The van der Waals surface area contributed by atoms with E-state index in [1.54, 1.807) is 19.0 Å². The Balaban J connectivity index is 1.98. The largest absolute Gasteiger partial charge is 0.508 e. The highest BCUT2D eigenvalue weighted by atomic mass is 16.4. The molecule has 0 radical (unpaired) electrons. The molecule has 3 aliphatic carbocycles. The Bertz CT molecular complexity index is 1140. The van der Waals surface area contributed by atoms with Crippen LogP contribution in [0.4, 0.5) is 11.4 Å². The van der Waals surface area contributed by atoms with Crippen molar-refractivity contribution in [1.29, 1.82) is 0 Å². The van der Waals surface area contributed by atoms with Gasteiger partial charge in [0.15, 0.2) is 17.2 Å². The Morgan fingerprint density at radius 2 is 1.82 bits per heavy atom. The number of hydrogen-bond donors (Lipinski definition) is 7. The molecule has 6 atom stereocenters. The number of ketones is 2. The Hall–Kier alpha value is -3.15. The van der Waals surface area contributed by atoms with E-state index in [2.05, 4.69) is 0 Å². The lowest BCUT2D eigenvalue weighted by atomic mass is 9.51. The van der Waals surface area contributed by atoms with Crippen LogP contribution >= 0.6 is 0 Å². The monoisotopic (exact) mass is 461 g/mol. The number of amides is 1. The molecule has 0 spiro atoms. The number of nitrogen functional groups attached to an aromatic ring is 1. The first-order valence-corrected chi connectivity index (χ1v) is 10.4. The Labute approximate surface area is 188 Å². The quantitative estimate of drug-likeness (QED) is 0.163. The standard InChI is InChI=1S/C22H27N3O8/c1-21(32)8-4-7-5-11(26)13(20(24)31)19(30)22(7,33)18(29)12(8)17(28)14-15(21)10(25(2)3)6-9(23)16(14)27/h6-8,12,18,27,29-30,32-33H,4-5,23H2,1-3H3,(H2,24,31)/t7?,8?,12?,18?,21-,22?/m0/s1. The van der Waals surface area contributed by atoms with Crippen LogP contribution in [0.25, 0.3) is 0 Å². The molecule has 0 bridgehead atoms. The summed E-state index contributed by atoms with van der Waals surface area (Å²) in [4.78, 5) is 39.4. The fourth-order valence-corrected chi connectivity index (χ4v) is 5.89. The van der Waals surface area contributed by atoms with Gasteiger partial charge in [-0.1, -0.05) is 0 Å². The van der Waals surface area contributed by atoms with Crippen LogP contribution in [0.5, 0.6) is 5.75 Å². The van der Waals surface area contributed by atoms with E-state index in [-0.39, 0.29) is 23.2 Å².